The fourth-order valence-electron chi connectivity index (χ4n) is 1.05. The molecule has 0 fully saturated rings. The largest absolute Gasteiger partial charge is 0.312 e. The second-order valence-electron chi connectivity index (χ2n) is 2.40. The number of amides is 1. The molecule has 1 radical (unpaired) electrons. The summed E-state index contributed by atoms with van der Waals surface area (Å²) in [7, 11) is 0. The quantitative estimate of drug-likeness (QED) is 0.550. The van der Waals surface area contributed by atoms with E-state index in [0.717, 1.165) is 0 Å². The average Bonchev–Trinajstić information content (AvgIpc) is 2.12. The van der Waals surface area contributed by atoms with E-state index in [1.165, 1.54) is 0 Å². The Morgan fingerprint density at radius 3 is 2.75 bits per heavy atom. The third-order valence-corrected chi connectivity index (χ3v) is 1.63. The Kier molecular flexibility index (Phi) is 1.33. The van der Waals surface area contributed by atoms with Crippen molar-refractivity contribution in [3.8, 4) is 0 Å². The molecule has 4 nitrogen and oxygen atoms in total. The van der Waals surface area contributed by atoms with Crippen LogP contribution in [-0.2, 0) is 4.79 Å². The second kappa shape index (κ2) is 2.34. The Morgan fingerprint density at radius 1 is 1.17 bits per heavy atom. The highest BCUT2D eigenvalue weighted by Gasteiger charge is 2.24. The summed E-state index contributed by atoms with van der Waals surface area (Å²) in [6.07, 6.45) is 0. The van der Waals surface area contributed by atoms with Gasteiger partial charge in [0.2, 0.25) is 0 Å². The van der Waals surface area contributed by atoms with E-state index < -0.39 is 11.7 Å². The van der Waals surface area contributed by atoms with E-state index in [9.17, 15) is 9.59 Å². The van der Waals surface area contributed by atoms with Crippen molar-refractivity contribution in [3.05, 3.63) is 29.8 Å². The number of rotatable bonds is 0. The molecule has 0 bridgehead atoms. The van der Waals surface area contributed by atoms with Gasteiger partial charge in [0.1, 0.15) is 0 Å². The van der Waals surface area contributed by atoms with Crippen LogP contribution in [0.4, 0.5) is 5.69 Å². The first-order chi connectivity index (χ1) is 5.79. The molecule has 0 aromatic heterocycles. The molecule has 1 amide bonds. The van der Waals surface area contributed by atoms with Gasteiger partial charge >= 0.3 is 5.91 Å². The Labute approximate surface area is 68.5 Å². The maximum atomic E-state index is 11.1. The third-order valence-electron chi connectivity index (χ3n) is 1.63. The Balaban J connectivity index is 2.56. The van der Waals surface area contributed by atoms with E-state index >= 15 is 0 Å². The van der Waals surface area contributed by atoms with Gasteiger partial charge in [0.25, 0.3) is 5.78 Å². The molecule has 0 spiro atoms. The van der Waals surface area contributed by atoms with Gasteiger partial charge in [-0.1, -0.05) is 12.1 Å². The van der Waals surface area contributed by atoms with E-state index in [1.807, 2.05) is 0 Å². The lowest BCUT2D eigenvalue weighted by molar-refractivity contribution is -0.117. The number of ketones is 1. The van der Waals surface area contributed by atoms with Crippen molar-refractivity contribution in [3.63, 3.8) is 0 Å². The molecule has 12 heavy (non-hydrogen) atoms. The van der Waals surface area contributed by atoms with Crippen molar-refractivity contribution >= 4 is 17.4 Å². The number of carbonyl (C=O) groups excluding carboxylic acids is 2. The molecule has 0 atom stereocenters. The molecular weight excluding hydrogens is 156 g/mol. The molecule has 0 unspecified atom stereocenters. The van der Waals surface area contributed by atoms with Crippen molar-refractivity contribution in [2.75, 3.05) is 0 Å². The number of Topliss-reactive ketones (excluding diaryl/α,β-unsaturated/α-hetero) is 1. The fraction of sp³-hybridized carbons (Fsp3) is 0. The van der Waals surface area contributed by atoms with Gasteiger partial charge in [0, 0.05) is 0 Å². The standard InChI is InChI=1S/C8H5N2O2/c11-7-5-3-1-2-4-6(5)9-10-8(7)12/h1-4H,(H,10,12). The van der Waals surface area contributed by atoms with Crippen LogP contribution < -0.4 is 10.9 Å². The summed E-state index contributed by atoms with van der Waals surface area (Å²) in [5.74, 6) is -1.20. The van der Waals surface area contributed by atoms with Crippen LogP contribution in [0.3, 0.4) is 0 Å². The number of para-hydroxylation sites is 1. The zero-order chi connectivity index (χ0) is 8.55. The minimum Gasteiger partial charge on any atom is -0.283 e. The van der Waals surface area contributed by atoms with Crippen LogP contribution in [-0.4, -0.2) is 11.7 Å². The predicted octanol–water partition coefficient (Wildman–Crippen LogP) is 0.150. The summed E-state index contributed by atoms with van der Waals surface area (Å²) >= 11 is 0. The molecule has 1 N–H and O–H groups in total. The number of hydrogen-bond acceptors (Lipinski definition) is 2. The minimum atomic E-state index is -0.672. The van der Waals surface area contributed by atoms with Crippen LogP contribution in [0.25, 0.3) is 0 Å². The average molecular weight is 161 g/mol. The molecule has 0 saturated carbocycles. The van der Waals surface area contributed by atoms with Crippen LogP contribution in [0.15, 0.2) is 24.3 Å². The van der Waals surface area contributed by atoms with E-state index in [4.69, 9.17) is 0 Å². The molecule has 1 heterocycles. The lowest BCUT2D eigenvalue weighted by Gasteiger charge is -2.13. The van der Waals surface area contributed by atoms with Gasteiger partial charge in [-0.05, 0) is 12.1 Å². The van der Waals surface area contributed by atoms with Crippen molar-refractivity contribution in [2.45, 2.75) is 0 Å². The number of nitrogens with one attached hydrogen (secondary N) is 1. The number of nitrogens with zero attached hydrogens (tertiary/aromatic N) is 1. The molecule has 1 aromatic rings. The van der Waals surface area contributed by atoms with Gasteiger partial charge in [0.15, 0.2) is 0 Å². The second-order valence-corrected chi connectivity index (χ2v) is 2.40. The summed E-state index contributed by atoms with van der Waals surface area (Å²) in [4.78, 5) is 21.9. The summed E-state index contributed by atoms with van der Waals surface area (Å²) in [5, 5.41) is 0. The Hall–Kier alpha value is -1.84. The SMILES string of the molecule is O=C1N[N]c2ccccc2C1=O. The monoisotopic (exact) mass is 161 g/mol. The van der Waals surface area contributed by atoms with Crippen LogP contribution >= 0.6 is 0 Å². The lowest BCUT2D eigenvalue weighted by atomic mass is 10.1. The summed E-state index contributed by atoms with van der Waals surface area (Å²) in [6.45, 7) is 0. The maximum Gasteiger partial charge on any atom is 0.312 e. The molecule has 1 aliphatic heterocycles. The normalized spacial score (nSPS) is 14.7. The number of benzene rings is 1. The van der Waals surface area contributed by atoms with Gasteiger partial charge in [-0.25, -0.2) is 5.43 Å². The van der Waals surface area contributed by atoms with Crippen LogP contribution in [0, 0.1) is 0 Å². The number of carbonyl (C=O) groups is 2. The first-order valence-electron chi connectivity index (χ1n) is 3.43. The Morgan fingerprint density at radius 2 is 1.92 bits per heavy atom. The van der Waals surface area contributed by atoms with Crippen molar-refractivity contribution in [1.82, 2.24) is 10.9 Å². The van der Waals surface area contributed by atoms with E-state index in [0.29, 0.717) is 11.3 Å². The highest BCUT2D eigenvalue weighted by Crippen LogP contribution is 2.17. The molecule has 1 aromatic carbocycles. The molecule has 4 heteroatoms. The summed E-state index contributed by atoms with van der Waals surface area (Å²) in [5.41, 5.74) is 6.71. The van der Waals surface area contributed by atoms with E-state index in [2.05, 4.69) is 10.9 Å². The van der Waals surface area contributed by atoms with Gasteiger partial charge in [-0.2, -0.15) is 5.43 Å². The lowest BCUT2D eigenvalue weighted by Crippen LogP contribution is -2.39. The molecule has 1 aliphatic rings. The molecule has 59 valence electrons. The molecule has 0 aliphatic carbocycles. The number of hydrogen-bond donors (Lipinski definition) is 1. The summed E-state index contributed by atoms with van der Waals surface area (Å²) in [6, 6.07) is 6.71. The van der Waals surface area contributed by atoms with Crippen LogP contribution in [0.2, 0.25) is 0 Å². The van der Waals surface area contributed by atoms with Crippen LogP contribution in [0.1, 0.15) is 10.4 Å². The Bertz CT molecular complexity index is 360. The highest BCUT2D eigenvalue weighted by atomic mass is 16.2. The first kappa shape index (κ1) is 6.84. The minimum absolute atomic E-state index is 0.362. The third kappa shape index (κ3) is 0.852. The maximum absolute atomic E-state index is 11.1. The number of fused-ring (bicyclic) bond motifs is 1. The zero-order valence-corrected chi connectivity index (χ0v) is 6.07. The highest BCUT2D eigenvalue weighted by molar-refractivity contribution is 6.44. The smallest absolute Gasteiger partial charge is 0.283 e. The molecular formula is C8H5N2O2. The van der Waals surface area contributed by atoms with Crippen molar-refractivity contribution in [2.24, 2.45) is 0 Å². The van der Waals surface area contributed by atoms with Gasteiger partial charge in [-0.3, -0.25) is 9.59 Å². The van der Waals surface area contributed by atoms with E-state index in [1.54, 1.807) is 24.3 Å². The van der Waals surface area contributed by atoms with Crippen molar-refractivity contribution < 1.29 is 9.59 Å². The van der Waals surface area contributed by atoms with Gasteiger partial charge in [0.05, 0.1) is 11.3 Å². The molecule has 2 rings (SSSR count). The van der Waals surface area contributed by atoms with E-state index in [-0.39, 0.29) is 0 Å². The van der Waals surface area contributed by atoms with Gasteiger partial charge in [-0.15, -0.1) is 0 Å². The fourth-order valence-corrected chi connectivity index (χ4v) is 1.05. The van der Waals surface area contributed by atoms with Crippen LogP contribution in [0.5, 0.6) is 0 Å². The predicted molar refractivity (Wildman–Crippen MR) is 40.7 cm³/mol. The van der Waals surface area contributed by atoms with Crippen molar-refractivity contribution in [1.29, 1.82) is 0 Å². The molecule has 0 saturated heterocycles. The topological polar surface area (TPSA) is 60.3 Å². The first-order valence-corrected chi connectivity index (χ1v) is 3.43. The zero-order valence-electron chi connectivity index (χ0n) is 6.07. The van der Waals surface area contributed by atoms with Gasteiger partial charge < -0.3 is 0 Å². The summed E-state index contributed by atoms with van der Waals surface area (Å²) < 4.78 is 0.